The van der Waals surface area contributed by atoms with Crippen LogP contribution in [0.4, 0.5) is 10.1 Å². The summed E-state index contributed by atoms with van der Waals surface area (Å²) < 4.78 is 12.7. The lowest BCUT2D eigenvalue weighted by molar-refractivity contribution is -0.120. The number of pyridine rings is 1. The maximum atomic E-state index is 12.7. The molecule has 2 rings (SSSR count). The molecule has 1 fully saturated rings. The predicted molar refractivity (Wildman–Crippen MR) is 68.6 cm³/mol. The van der Waals surface area contributed by atoms with E-state index in [0.29, 0.717) is 5.69 Å². The first-order valence-corrected chi connectivity index (χ1v) is 6.68. The molecule has 1 saturated carbocycles. The van der Waals surface area contributed by atoms with Crippen molar-refractivity contribution >= 4 is 11.6 Å². The van der Waals surface area contributed by atoms with Gasteiger partial charge in [-0.3, -0.25) is 4.79 Å². The lowest BCUT2D eigenvalue weighted by Gasteiger charge is -2.18. The molecule has 1 heterocycles. The molecule has 0 spiro atoms. The largest absolute Gasteiger partial charge is 0.324 e. The monoisotopic (exact) mass is 250 g/mol. The Bertz CT molecular complexity index is 383. The van der Waals surface area contributed by atoms with Crippen molar-refractivity contribution in [1.29, 1.82) is 0 Å². The van der Waals surface area contributed by atoms with Crippen LogP contribution in [0.3, 0.4) is 0 Å². The Morgan fingerprint density at radius 2 is 1.83 bits per heavy atom. The van der Waals surface area contributed by atoms with E-state index < -0.39 is 5.95 Å². The highest BCUT2D eigenvalue weighted by Gasteiger charge is 2.19. The molecule has 0 aromatic carbocycles. The number of carbonyl (C=O) groups excluding carboxylic acids is 1. The van der Waals surface area contributed by atoms with E-state index in [-0.39, 0.29) is 11.8 Å². The molecule has 18 heavy (non-hydrogen) atoms. The zero-order valence-electron chi connectivity index (χ0n) is 10.5. The molecule has 0 saturated heterocycles. The van der Waals surface area contributed by atoms with E-state index in [4.69, 9.17) is 0 Å². The summed E-state index contributed by atoms with van der Waals surface area (Å²) in [4.78, 5) is 15.6. The Balaban J connectivity index is 1.91. The summed E-state index contributed by atoms with van der Waals surface area (Å²) >= 11 is 0. The number of aromatic nitrogens is 1. The van der Waals surface area contributed by atoms with Gasteiger partial charge in [-0.15, -0.1) is 0 Å². The van der Waals surface area contributed by atoms with Gasteiger partial charge in [0.2, 0.25) is 11.9 Å². The van der Waals surface area contributed by atoms with Gasteiger partial charge >= 0.3 is 0 Å². The molecule has 0 aliphatic heterocycles. The van der Waals surface area contributed by atoms with Crippen molar-refractivity contribution in [2.24, 2.45) is 5.92 Å². The van der Waals surface area contributed by atoms with Crippen LogP contribution < -0.4 is 5.32 Å². The molecule has 98 valence electrons. The number of halogens is 1. The smallest absolute Gasteiger partial charge is 0.227 e. The van der Waals surface area contributed by atoms with Crippen LogP contribution in [0.2, 0.25) is 0 Å². The molecule has 1 aromatic heterocycles. The van der Waals surface area contributed by atoms with E-state index in [1.807, 2.05) is 0 Å². The molecule has 1 aromatic rings. The average molecular weight is 250 g/mol. The molecule has 0 atom stereocenters. The summed E-state index contributed by atoms with van der Waals surface area (Å²) in [7, 11) is 0. The Kier molecular flexibility index (Phi) is 4.67. The highest BCUT2D eigenvalue weighted by Crippen LogP contribution is 2.23. The van der Waals surface area contributed by atoms with Gasteiger partial charge in [0.1, 0.15) is 0 Å². The first-order chi connectivity index (χ1) is 8.75. The average Bonchev–Trinajstić information content (AvgIpc) is 2.31. The minimum absolute atomic E-state index is 0.0466. The van der Waals surface area contributed by atoms with Crippen LogP contribution in [0.1, 0.15) is 44.9 Å². The van der Waals surface area contributed by atoms with Crippen molar-refractivity contribution in [3.63, 3.8) is 0 Å². The fourth-order valence-electron chi connectivity index (χ4n) is 2.41. The van der Waals surface area contributed by atoms with Gasteiger partial charge in [0.15, 0.2) is 0 Å². The van der Waals surface area contributed by atoms with Gasteiger partial charge < -0.3 is 5.32 Å². The fourth-order valence-corrected chi connectivity index (χ4v) is 2.41. The summed E-state index contributed by atoms with van der Waals surface area (Å²) in [5.74, 6) is -0.389. The summed E-state index contributed by atoms with van der Waals surface area (Å²) in [5, 5.41) is 2.82. The molecule has 1 aliphatic carbocycles. The highest BCUT2D eigenvalue weighted by atomic mass is 19.1. The second kappa shape index (κ2) is 6.47. The minimum atomic E-state index is -0.529. The van der Waals surface area contributed by atoms with E-state index in [2.05, 4.69) is 10.3 Å². The van der Waals surface area contributed by atoms with Crippen LogP contribution in [0, 0.1) is 11.9 Å². The molecule has 0 radical (unpaired) electrons. The molecular formula is C14H19FN2O. The van der Waals surface area contributed by atoms with Crippen LogP contribution >= 0.6 is 0 Å². The quantitative estimate of drug-likeness (QED) is 0.816. The Morgan fingerprint density at radius 1 is 1.17 bits per heavy atom. The zero-order valence-corrected chi connectivity index (χ0v) is 10.5. The van der Waals surface area contributed by atoms with Crippen molar-refractivity contribution in [3.05, 3.63) is 24.3 Å². The first kappa shape index (κ1) is 13.0. The summed E-state index contributed by atoms with van der Waals surface area (Å²) in [6.07, 6.45) is 9.26. The molecule has 4 heteroatoms. The van der Waals surface area contributed by atoms with Crippen LogP contribution in [0.25, 0.3) is 0 Å². The topological polar surface area (TPSA) is 42.0 Å². The van der Waals surface area contributed by atoms with Gasteiger partial charge in [-0.05, 0) is 25.0 Å². The van der Waals surface area contributed by atoms with Gasteiger partial charge in [-0.1, -0.05) is 32.1 Å². The van der Waals surface area contributed by atoms with Crippen molar-refractivity contribution in [2.45, 2.75) is 44.9 Å². The normalized spacial score (nSPS) is 17.8. The molecule has 3 nitrogen and oxygen atoms in total. The minimum Gasteiger partial charge on any atom is -0.324 e. The Morgan fingerprint density at radius 3 is 2.44 bits per heavy atom. The predicted octanol–water partition coefficient (Wildman–Crippen LogP) is 3.52. The standard InChI is InChI=1S/C14H19FN2O/c15-13-9-8-12(10-16-13)17-14(18)11-6-4-2-1-3-5-7-11/h8-11H,1-7H2,(H,17,18). The third kappa shape index (κ3) is 3.79. The van der Waals surface area contributed by atoms with Crippen molar-refractivity contribution in [1.82, 2.24) is 4.98 Å². The molecule has 1 aliphatic rings. The third-order valence-electron chi connectivity index (χ3n) is 3.47. The number of rotatable bonds is 2. The van der Waals surface area contributed by atoms with E-state index in [0.717, 1.165) is 25.7 Å². The molecule has 1 N–H and O–H groups in total. The van der Waals surface area contributed by atoms with Crippen LogP contribution in [-0.2, 0) is 4.79 Å². The lowest BCUT2D eigenvalue weighted by Crippen LogP contribution is -2.23. The summed E-state index contributed by atoms with van der Waals surface area (Å²) in [5.41, 5.74) is 0.573. The number of nitrogens with one attached hydrogen (secondary N) is 1. The SMILES string of the molecule is O=C(Nc1ccc(F)nc1)C1CCCCCCC1. The van der Waals surface area contributed by atoms with Crippen LogP contribution in [0.5, 0.6) is 0 Å². The number of carbonyl (C=O) groups is 1. The van der Waals surface area contributed by atoms with Crippen molar-refractivity contribution < 1.29 is 9.18 Å². The molecule has 1 amide bonds. The number of nitrogens with zero attached hydrogens (tertiary/aromatic N) is 1. The number of anilines is 1. The van der Waals surface area contributed by atoms with Crippen molar-refractivity contribution in [2.75, 3.05) is 5.32 Å². The van der Waals surface area contributed by atoms with Gasteiger partial charge in [0.25, 0.3) is 0 Å². The Labute approximate surface area is 107 Å². The van der Waals surface area contributed by atoms with Gasteiger partial charge in [0.05, 0.1) is 11.9 Å². The molecule has 0 unspecified atom stereocenters. The van der Waals surface area contributed by atoms with Gasteiger partial charge in [0, 0.05) is 5.92 Å². The van der Waals surface area contributed by atoms with Crippen LogP contribution in [-0.4, -0.2) is 10.9 Å². The maximum absolute atomic E-state index is 12.7. The van der Waals surface area contributed by atoms with Crippen LogP contribution in [0.15, 0.2) is 18.3 Å². The Hall–Kier alpha value is -1.45. The first-order valence-electron chi connectivity index (χ1n) is 6.68. The van der Waals surface area contributed by atoms with E-state index >= 15 is 0 Å². The van der Waals surface area contributed by atoms with Gasteiger partial charge in [-0.2, -0.15) is 4.39 Å². The van der Waals surface area contributed by atoms with E-state index in [9.17, 15) is 9.18 Å². The zero-order chi connectivity index (χ0) is 12.8. The highest BCUT2D eigenvalue weighted by molar-refractivity contribution is 5.92. The third-order valence-corrected chi connectivity index (χ3v) is 3.47. The number of amides is 1. The summed E-state index contributed by atoms with van der Waals surface area (Å²) in [6.45, 7) is 0. The molecule has 0 bridgehead atoms. The molecular weight excluding hydrogens is 231 g/mol. The second-order valence-electron chi connectivity index (χ2n) is 4.90. The number of hydrogen-bond acceptors (Lipinski definition) is 2. The van der Waals surface area contributed by atoms with Gasteiger partial charge in [-0.25, -0.2) is 4.98 Å². The lowest BCUT2D eigenvalue weighted by atomic mass is 9.90. The number of hydrogen-bond donors (Lipinski definition) is 1. The second-order valence-corrected chi connectivity index (χ2v) is 4.90. The maximum Gasteiger partial charge on any atom is 0.227 e. The van der Waals surface area contributed by atoms with E-state index in [1.54, 1.807) is 6.07 Å². The summed E-state index contributed by atoms with van der Waals surface area (Å²) in [6, 6.07) is 2.80. The van der Waals surface area contributed by atoms with Crippen molar-refractivity contribution in [3.8, 4) is 0 Å². The van der Waals surface area contributed by atoms with E-state index in [1.165, 1.54) is 31.5 Å². The fraction of sp³-hybridized carbons (Fsp3) is 0.571.